The maximum atomic E-state index is 13.0. The van der Waals surface area contributed by atoms with E-state index in [-0.39, 0.29) is 12.6 Å². The molecule has 4 aromatic rings. The molecule has 32 heavy (non-hydrogen) atoms. The highest BCUT2D eigenvalue weighted by atomic mass is 127. The molecule has 3 aromatic carbocycles. The Labute approximate surface area is 214 Å². The summed E-state index contributed by atoms with van der Waals surface area (Å²) in [5.74, 6) is -0.359. The van der Waals surface area contributed by atoms with Crippen LogP contribution in [0.15, 0.2) is 71.1 Å². The molecule has 0 radical (unpaired) electrons. The van der Waals surface area contributed by atoms with Gasteiger partial charge in [0, 0.05) is 14.7 Å². The van der Waals surface area contributed by atoms with Gasteiger partial charge in [0.25, 0.3) is 6.33 Å². The molecule has 1 heterocycles. The Morgan fingerprint density at radius 3 is 2.62 bits per heavy atom. The maximum absolute atomic E-state index is 13.0. The van der Waals surface area contributed by atoms with E-state index < -0.39 is 0 Å². The Hall–Kier alpha value is -2.33. The fourth-order valence-corrected chi connectivity index (χ4v) is 4.60. The van der Waals surface area contributed by atoms with Crippen molar-refractivity contribution < 1.29 is 14.1 Å². The van der Waals surface area contributed by atoms with Crippen molar-refractivity contribution in [2.75, 3.05) is 0 Å². The van der Waals surface area contributed by atoms with Crippen molar-refractivity contribution in [3.63, 3.8) is 0 Å². The zero-order chi connectivity index (χ0) is 22.7. The largest absolute Gasteiger partial charge is 0.457 e. The van der Waals surface area contributed by atoms with Crippen molar-refractivity contribution in [1.82, 2.24) is 4.98 Å². The van der Waals surface area contributed by atoms with Gasteiger partial charge in [0.1, 0.15) is 12.3 Å². The lowest BCUT2D eigenvalue weighted by molar-refractivity contribution is -0.662. The van der Waals surface area contributed by atoms with Crippen molar-refractivity contribution in [1.29, 1.82) is 0 Å². The van der Waals surface area contributed by atoms with Crippen LogP contribution < -0.4 is 4.57 Å². The average Bonchev–Trinajstić information content (AvgIpc) is 2.80. The van der Waals surface area contributed by atoms with E-state index in [2.05, 4.69) is 70.3 Å². The van der Waals surface area contributed by atoms with Gasteiger partial charge in [-0.15, -0.1) is 0 Å². The number of halogens is 2. The zero-order valence-corrected chi connectivity index (χ0v) is 22.0. The molecule has 0 bridgehead atoms. The molecular formula is C26H21I2N2O2+. The SMILES string of the molecule is Cc1c(I)cccc1-c1c2ccc(C(=O)OCc3ccccc3)c(/C=C\I)c2nc[n+]1C. The van der Waals surface area contributed by atoms with Crippen LogP contribution in [0.2, 0.25) is 0 Å². The molecule has 0 spiro atoms. The second-order valence-corrected chi connectivity index (χ2v) is 9.28. The first-order valence-electron chi connectivity index (χ1n) is 10.1. The molecule has 0 aliphatic rings. The molecule has 0 N–H and O–H groups in total. The van der Waals surface area contributed by atoms with Crippen LogP contribution in [0, 0.1) is 10.5 Å². The number of nitrogens with zero attached hydrogens (tertiary/aromatic N) is 2. The highest BCUT2D eigenvalue weighted by Crippen LogP contribution is 2.32. The van der Waals surface area contributed by atoms with Crippen molar-refractivity contribution in [3.05, 3.63) is 96.9 Å². The van der Waals surface area contributed by atoms with Crippen LogP contribution in [0.3, 0.4) is 0 Å². The number of aromatic nitrogens is 2. The smallest absolute Gasteiger partial charge is 0.339 e. The normalized spacial score (nSPS) is 11.2. The molecular weight excluding hydrogens is 626 g/mol. The fraction of sp³-hybridized carbons (Fsp3) is 0.115. The van der Waals surface area contributed by atoms with Gasteiger partial charge < -0.3 is 4.74 Å². The van der Waals surface area contributed by atoms with Gasteiger partial charge in [0.05, 0.1) is 18.0 Å². The Morgan fingerprint density at radius 1 is 1.09 bits per heavy atom. The minimum Gasteiger partial charge on any atom is -0.457 e. The van der Waals surface area contributed by atoms with E-state index in [1.54, 1.807) is 6.33 Å². The first-order chi connectivity index (χ1) is 15.5. The quantitative estimate of drug-likeness (QED) is 0.143. The van der Waals surface area contributed by atoms with E-state index in [1.165, 1.54) is 9.13 Å². The van der Waals surface area contributed by atoms with Crippen molar-refractivity contribution in [2.24, 2.45) is 7.05 Å². The summed E-state index contributed by atoms with van der Waals surface area (Å²) in [6, 6.07) is 19.8. The van der Waals surface area contributed by atoms with Crippen molar-refractivity contribution >= 4 is 68.1 Å². The highest BCUT2D eigenvalue weighted by Gasteiger charge is 2.23. The van der Waals surface area contributed by atoms with E-state index in [1.807, 2.05) is 64.2 Å². The molecule has 0 saturated heterocycles. The van der Waals surface area contributed by atoms with Crippen molar-refractivity contribution in [2.45, 2.75) is 13.5 Å². The van der Waals surface area contributed by atoms with Crippen LogP contribution in [0.25, 0.3) is 28.2 Å². The summed E-state index contributed by atoms with van der Waals surface area (Å²) in [5.41, 5.74) is 6.43. The van der Waals surface area contributed by atoms with Gasteiger partial charge >= 0.3 is 5.97 Å². The molecule has 160 valence electrons. The number of esters is 1. The van der Waals surface area contributed by atoms with E-state index in [4.69, 9.17) is 9.72 Å². The van der Waals surface area contributed by atoms with Crippen LogP contribution in [-0.2, 0) is 18.4 Å². The zero-order valence-electron chi connectivity index (χ0n) is 17.7. The van der Waals surface area contributed by atoms with Gasteiger partial charge in [-0.1, -0.05) is 65.1 Å². The summed E-state index contributed by atoms with van der Waals surface area (Å²) in [7, 11) is 2.00. The summed E-state index contributed by atoms with van der Waals surface area (Å²) in [6.07, 6.45) is 3.72. The van der Waals surface area contributed by atoms with Gasteiger partial charge in [-0.2, -0.15) is 0 Å². The first kappa shape index (κ1) is 22.8. The molecule has 1 aromatic heterocycles. The van der Waals surface area contributed by atoms with Gasteiger partial charge in [-0.3, -0.25) is 0 Å². The van der Waals surface area contributed by atoms with Gasteiger partial charge in [0.2, 0.25) is 0 Å². The van der Waals surface area contributed by atoms with Gasteiger partial charge in [-0.25, -0.2) is 9.36 Å². The van der Waals surface area contributed by atoms with Crippen LogP contribution in [0.4, 0.5) is 0 Å². The number of fused-ring (bicyclic) bond motifs is 1. The predicted octanol–water partition coefficient (Wildman–Crippen LogP) is 6.40. The number of hydrogen-bond donors (Lipinski definition) is 0. The minimum absolute atomic E-state index is 0.231. The third-order valence-corrected chi connectivity index (χ3v) is 6.90. The minimum atomic E-state index is -0.359. The molecule has 0 saturated carbocycles. The number of aryl methyl sites for hydroxylation is 1. The van der Waals surface area contributed by atoms with E-state index >= 15 is 0 Å². The Bertz CT molecular complexity index is 1330. The lowest BCUT2D eigenvalue weighted by Crippen LogP contribution is -2.32. The van der Waals surface area contributed by atoms with Crippen LogP contribution >= 0.6 is 45.2 Å². The number of carbonyl (C=O) groups excluding carboxylic acids is 1. The third-order valence-electron chi connectivity index (χ3n) is 5.37. The molecule has 4 nitrogen and oxygen atoms in total. The maximum Gasteiger partial charge on any atom is 0.339 e. The Kier molecular flexibility index (Phi) is 7.20. The molecule has 0 atom stereocenters. The van der Waals surface area contributed by atoms with E-state index in [9.17, 15) is 4.79 Å². The molecule has 0 aliphatic carbocycles. The molecule has 0 amide bonds. The summed E-state index contributed by atoms with van der Waals surface area (Å²) in [5, 5.41) is 0.990. The Morgan fingerprint density at radius 2 is 1.88 bits per heavy atom. The second-order valence-electron chi connectivity index (χ2n) is 7.39. The summed E-state index contributed by atoms with van der Waals surface area (Å²) >= 11 is 4.53. The van der Waals surface area contributed by atoms with Gasteiger partial charge in [0.15, 0.2) is 5.52 Å². The number of rotatable bonds is 5. The first-order valence-corrected chi connectivity index (χ1v) is 12.4. The molecule has 0 aliphatic heterocycles. The van der Waals surface area contributed by atoms with E-state index in [0.717, 1.165) is 33.3 Å². The van der Waals surface area contributed by atoms with Crippen molar-refractivity contribution in [3.8, 4) is 11.3 Å². The van der Waals surface area contributed by atoms with E-state index in [0.29, 0.717) is 5.56 Å². The second kappa shape index (κ2) is 10.1. The summed E-state index contributed by atoms with van der Waals surface area (Å²) < 4.78 is 10.7. The predicted molar refractivity (Wildman–Crippen MR) is 144 cm³/mol. The fourth-order valence-electron chi connectivity index (χ4n) is 3.74. The summed E-state index contributed by atoms with van der Waals surface area (Å²) in [6.45, 7) is 2.36. The number of ether oxygens (including phenoxy) is 1. The van der Waals surface area contributed by atoms with Crippen LogP contribution in [0.1, 0.15) is 27.0 Å². The highest BCUT2D eigenvalue weighted by molar-refractivity contribution is 14.1. The molecule has 0 unspecified atom stereocenters. The molecule has 6 heteroatoms. The third kappa shape index (κ3) is 4.56. The molecule has 4 rings (SSSR count). The monoisotopic (exact) mass is 647 g/mol. The van der Waals surface area contributed by atoms with Crippen LogP contribution in [0.5, 0.6) is 0 Å². The lowest BCUT2D eigenvalue weighted by Gasteiger charge is -2.12. The molecule has 0 fully saturated rings. The van der Waals surface area contributed by atoms with Gasteiger partial charge in [-0.05, 0) is 74.0 Å². The lowest BCUT2D eigenvalue weighted by atomic mass is 9.97. The average molecular weight is 647 g/mol. The number of carbonyl (C=O) groups is 1. The van der Waals surface area contributed by atoms with Crippen LogP contribution in [-0.4, -0.2) is 11.0 Å². The standard InChI is InChI=1S/C26H21I2N2O2/c1-17-19(9-6-10-23(17)28)25-22-12-11-21(20(13-14-27)24(22)29-16-30(25)2)26(31)32-15-18-7-4-3-5-8-18/h3-14,16H,15H2,1-2H3/q+1/b14-13-. The number of hydrogen-bond acceptors (Lipinski definition) is 3. The Balaban J connectivity index is 1.83. The topological polar surface area (TPSA) is 43.1 Å². The summed E-state index contributed by atoms with van der Waals surface area (Å²) in [4.78, 5) is 17.7. The number of benzene rings is 3.